The molecule has 2 N–H and O–H groups in total. The summed E-state index contributed by atoms with van der Waals surface area (Å²) in [6.07, 6.45) is 0. The predicted octanol–water partition coefficient (Wildman–Crippen LogP) is 2.86. The van der Waals surface area contributed by atoms with E-state index in [1.165, 1.54) is 6.07 Å². The summed E-state index contributed by atoms with van der Waals surface area (Å²) in [5.41, 5.74) is 2.72. The molecule has 4 heteroatoms. The number of fused-ring (bicyclic) bond motifs is 1. The Hall–Kier alpha value is -2.20. The maximum absolute atomic E-state index is 13.6. The second kappa shape index (κ2) is 4.23. The molecule has 0 aliphatic rings. The molecule has 0 saturated heterocycles. The fraction of sp³-hybridized carbons (Fsp3) is 0.0714. The Kier molecular flexibility index (Phi) is 2.57. The number of halogens is 1. The lowest BCUT2D eigenvalue weighted by molar-refractivity contribution is 0.276. The summed E-state index contributed by atoms with van der Waals surface area (Å²) < 4.78 is 13.6. The molecule has 0 saturated carbocycles. The third-order valence-corrected chi connectivity index (χ3v) is 2.89. The number of nitrogens with zero attached hydrogens (tertiary/aromatic N) is 1. The van der Waals surface area contributed by atoms with Crippen molar-refractivity contribution >= 4 is 11.0 Å². The molecule has 0 bridgehead atoms. The van der Waals surface area contributed by atoms with Crippen molar-refractivity contribution in [1.82, 2.24) is 9.97 Å². The fourth-order valence-electron chi connectivity index (χ4n) is 1.91. The predicted molar refractivity (Wildman–Crippen MR) is 67.4 cm³/mol. The van der Waals surface area contributed by atoms with E-state index < -0.39 is 5.82 Å². The molecular weight excluding hydrogens is 231 g/mol. The molecule has 0 spiro atoms. The van der Waals surface area contributed by atoms with Gasteiger partial charge in [-0.25, -0.2) is 9.37 Å². The minimum Gasteiger partial charge on any atom is -0.392 e. The quantitative estimate of drug-likeness (QED) is 0.726. The van der Waals surface area contributed by atoms with Crippen molar-refractivity contribution in [2.45, 2.75) is 6.61 Å². The normalized spacial score (nSPS) is 11.0. The average Bonchev–Trinajstić information content (AvgIpc) is 2.82. The molecule has 0 radical (unpaired) electrons. The van der Waals surface area contributed by atoms with Gasteiger partial charge < -0.3 is 10.1 Å². The summed E-state index contributed by atoms with van der Waals surface area (Å²) in [6.45, 7) is -0.299. The molecule has 2 aromatic carbocycles. The van der Waals surface area contributed by atoms with E-state index in [9.17, 15) is 4.39 Å². The van der Waals surface area contributed by atoms with E-state index >= 15 is 0 Å². The van der Waals surface area contributed by atoms with Crippen LogP contribution >= 0.6 is 0 Å². The van der Waals surface area contributed by atoms with E-state index in [2.05, 4.69) is 9.97 Å². The van der Waals surface area contributed by atoms with Gasteiger partial charge in [-0.1, -0.05) is 24.3 Å². The summed E-state index contributed by atoms with van der Waals surface area (Å²) >= 11 is 0. The second-order valence-electron chi connectivity index (χ2n) is 4.07. The number of hydrogen-bond acceptors (Lipinski definition) is 2. The molecule has 3 rings (SSSR count). The molecule has 18 heavy (non-hydrogen) atoms. The number of benzene rings is 2. The molecule has 1 heterocycles. The van der Waals surface area contributed by atoms with Gasteiger partial charge in [0.05, 0.1) is 17.6 Å². The molecular formula is C14H11FN2O. The average molecular weight is 242 g/mol. The number of aliphatic hydroxyl groups excluding tert-OH is 1. The van der Waals surface area contributed by atoms with Crippen LogP contribution in [-0.2, 0) is 6.61 Å². The zero-order valence-corrected chi connectivity index (χ0v) is 9.52. The van der Waals surface area contributed by atoms with Crippen LogP contribution in [0, 0.1) is 5.82 Å². The first kappa shape index (κ1) is 10.9. The van der Waals surface area contributed by atoms with E-state index in [0.717, 1.165) is 11.0 Å². The summed E-state index contributed by atoms with van der Waals surface area (Å²) in [5, 5.41) is 8.93. The van der Waals surface area contributed by atoms with Gasteiger partial charge in [0.1, 0.15) is 11.6 Å². The summed E-state index contributed by atoms with van der Waals surface area (Å²) in [6, 6.07) is 12.3. The van der Waals surface area contributed by atoms with Crippen LogP contribution in [-0.4, -0.2) is 15.1 Å². The number of hydrogen-bond donors (Lipinski definition) is 2. The van der Waals surface area contributed by atoms with Crippen molar-refractivity contribution in [2.75, 3.05) is 0 Å². The fourth-order valence-corrected chi connectivity index (χ4v) is 1.91. The number of aliphatic hydroxyl groups is 1. The van der Waals surface area contributed by atoms with E-state index in [4.69, 9.17) is 5.11 Å². The number of rotatable bonds is 2. The van der Waals surface area contributed by atoms with Gasteiger partial charge in [0.25, 0.3) is 0 Å². The minimum absolute atomic E-state index is 0.287. The zero-order chi connectivity index (χ0) is 12.5. The second-order valence-corrected chi connectivity index (χ2v) is 4.07. The van der Waals surface area contributed by atoms with Crippen molar-refractivity contribution in [3.63, 3.8) is 0 Å². The highest BCUT2D eigenvalue weighted by Crippen LogP contribution is 2.22. The SMILES string of the molecule is OCc1ccc(-c2nc3ccccc3[nH]2)cc1F. The Bertz CT molecular complexity index is 673. The van der Waals surface area contributed by atoms with Gasteiger partial charge in [-0.2, -0.15) is 0 Å². The van der Waals surface area contributed by atoms with Crippen LogP contribution in [0.25, 0.3) is 22.4 Å². The molecule has 0 atom stereocenters. The van der Waals surface area contributed by atoms with Gasteiger partial charge in [0, 0.05) is 11.1 Å². The molecule has 0 aliphatic heterocycles. The monoisotopic (exact) mass is 242 g/mol. The lowest BCUT2D eigenvalue weighted by Crippen LogP contribution is -1.90. The smallest absolute Gasteiger partial charge is 0.138 e. The molecule has 3 aromatic rings. The van der Waals surface area contributed by atoms with Crippen molar-refractivity contribution in [3.05, 3.63) is 53.8 Å². The number of imidazole rings is 1. The summed E-state index contributed by atoms with van der Waals surface area (Å²) in [5.74, 6) is 0.204. The highest BCUT2D eigenvalue weighted by atomic mass is 19.1. The van der Waals surface area contributed by atoms with E-state index in [0.29, 0.717) is 11.4 Å². The molecule has 3 nitrogen and oxygen atoms in total. The van der Waals surface area contributed by atoms with E-state index in [1.54, 1.807) is 12.1 Å². The highest BCUT2D eigenvalue weighted by molar-refractivity contribution is 5.79. The van der Waals surface area contributed by atoms with Crippen LogP contribution in [0.3, 0.4) is 0 Å². The van der Waals surface area contributed by atoms with E-state index in [-0.39, 0.29) is 12.2 Å². The minimum atomic E-state index is -0.421. The van der Waals surface area contributed by atoms with Gasteiger partial charge in [-0.05, 0) is 18.2 Å². The summed E-state index contributed by atoms with van der Waals surface area (Å²) in [4.78, 5) is 7.53. The molecule has 0 amide bonds. The van der Waals surface area contributed by atoms with Gasteiger partial charge in [0.15, 0.2) is 0 Å². The first-order chi connectivity index (χ1) is 8.78. The lowest BCUT2D eigenvalue weighted by Gasteiger charge is -2.01. The number of H-pyrrole nitrogens is 1. The van der Waals surface area contributed by atoms with Crippen LogP contribution in [0.5, 0.6) is 0 Å². The van der Waals surface area contributed by atoms with Crippen molar-refractivity contribution < 1.29 is 9.50 Å². The van der Waals surface area contributed by atoms with Crippen molar-refractivity contribution in [3.8, 4) is 11.4 Å². The number of aromatic nitrogens is 2. The van der Waals surface area contributed by atoms with E-state index in [1.807, 2.05) is 24.3 Å². The van der Waals surface area contributed by atoms with Crippen LogP contribution in [0.2, 0.25) is 0 Å². The first-order valence-electron chi connectivity index (χ1n) is 5.62. The Morgan fingerprint density at radius 3 is 2.72 bits per heavy atom. The number of aromatic amines is 1. The third-order valence-electron chi connectivity index (χ3n) is 2.89. The van der Waals surface area contributed by atoms with Gasteiger partial charge in [-0.3, -0.25) is 0 Å². The first-order valence-corrected chi connectivity index (χ1v) is 5.62. The summed E-state index contributed by atoms with van der Waals surface area (Å²) in [7, 11) is 0. The molecule has 1 aromatic heterocycles. The maximum Gasteiger partial charge on any atom is 0.138 e. The van der Waals surface area contributed by atoms with Crippen LogP contribution in [0.15, 0.2) is 42.5 Å². The van der Waals surface area contributed by atoms with Crippen molar-refractivity contribution in [1.29, 1.82) is 0 Å². The molecule has 0 fully saturated rings. The van der Waals surface area contributed by atoms with Crippen LogP contribution in [0.4, 0.5) is 4.39 Å². The van der Waals surface area contributed by atoms with Crippen LogP contribution < -0.4 is 0 Å². The number of nitrogens with one attached hydrogen (secondary N) is 1. The topological polar surface area (TPSA) is 48.9 Å². The Morgan fingerprint density at radius 1 is 1.17 bits per heavy atom. The van der Waals surface area contributed by atoms with Gasteiger partial charge in [0.2, 0.25) is 0 Å². The maximum atomic E-state index is 13.6. The Morgan fingerprint density at radius 2 is 2.00 bits per heavy atom. The Labute approximate surface area is 103 Å². The highest BCUT2D eigenvalue weighted by Gasteiger charge is 2.08. The van der Waals surface area contributed by atoms with Gasteiger partial charge >= 0.3 is 0 Å². The largest absolute Gasteiger partial charge is 0.392 e. The zero-order valence-electron chi connectivity index (χ0n) is 9.52. The number of para-hydroxylation sites is 2. The van der Waals surface area contributed by atoms with Gasteiger partial charge in [-0.15, -0.1) is 0 Å². The third kappa shape index (κ3) is 1.76. The molecule has 90 valence electrons. The van der Waals surface area contributed by atoms with Crippen LogP contribution in [0.1, 0.15) is 5.56 Å². The Balaban J connectivity index is 2.11. The standard InChI is InChI=1S/C14H11FN2O/c15-11-7-9(5-6-10(11)8-18)14-16-12-3-1-2-4-13(12)17-14/h1-7,18H,8H2,(H,16,17). The molecule has 0 aliphatic carbocycles. The molecule has 0 unspecified atom stereocenters. The van der Waals surface area contributed by atoms with Crippen molar-refractivity contribution in [2.24, 2.45) is 0 Å². The lowest BCUT2D eigenvalue weighted by atomic mass is 10.1.